The lowest BCUT2D eigenvalue weighted by Gasteiger charge is -2.42. The van der Waals surface area contributed by atoms with Gasteiger partial charge in [-0.3, -0.25) is 9.69 Å². The highest BCUT2D eigenvalue weighted by Gasteiger charge is 2.35. The maximum absolute atomic E-state index is 12.5. The Morgan fingerprint density at radius 3 is 2.54 bits per heavy atom. The van der Waals surface area contributed by atoms with E-state index in [1.165, 1.54) is 0 Å². The molecule has 0 aromatic heterocycles. The van der Waals surface area contributed by atoms with Crippen LogP contribution < -0.4 is 15.4 Å². The topological polar surface area (TPSA) is 90.9 Å². The van der Waals surface area contributed by atoms with E-state index in [0.29, 0.717) is 13.0 Å². The number of likely N-dealkylation sites (N-methyl/N-ethyl adjacent to an activating group) is 1. The highest BCUT2D eigenvalue weighted by molar-refractivity contribution is 5.75. The second-order valence-corrected chi connectivity index (χ2v) is 7.76. The Morgan fingerprint density at radius 2 is 1.96 bits per heavy atom. The van der Waals surface area contributed by atoms with Gasteiger partial charge in [0.2, 0.25) is 0 Å². The summed E-state index contributed by atoms with van der Waals surface area (Å²) in [5, 5.41) is 15.1. The van der Waals surface area contributed by atoms with Gasteiger partial charge in [-0.2, -0.15) is 0 Å². The number of carbonyl (C=O) groups is 2. The monoisotopic (exact) mass is 391 g/mol. The highest BCUT2D eigenvalue weighted by Crippen LogP contribution is 2.26. The third kappa shape index (κ3) is 6.12. The van der Waals surface area contributed by atoms with E-state index in [-0.39, 0.29) is 36.6 Å². The first-order valence-electron chi connectivity index (χ1n) is 9.98. The zero-order valence-corrected chi connectivity index (χ0v) is 17.3. The lowest BCUT2D eigenvalue weighted by molar-refractivity contribution is -0.139. The molecule has 1 aliphatic rings. The molecule has 0 saturated heterocycles. The fourth-order valence-electron chi connectivity index (χ4n) is 3.63. The number of benzene rings is 1. The van der Waals surface area contributed by atoms with Crippen molar-refractivity contribution < 1.29 is 19.4 Å². The van der Waals surface area contributed by atoms with Gasteiger partial charge in [0.05, 0.1) is 13.7 Å². The van der Waals surface area contributed by atoms with Gasteiger partial charge in [0.1, 0.15) is 5.75 Å². The minimum atomic E-state index is -0.813. The number of carbonyl (C=O) groups excluding carboxylic acids is 1. The van der Waals surface area contributed by atoms with Crippen LogP contribution in [0, 0.1) is 5.92 Å². The van der Waals surface area contributed by atoms with E-state index in [4.69, 9.17) is 9.84 Å². The largest absolute Gasteiger partial charge is 0.496 e. The van der Waals surface area contributed by atoms with E-state index >= 15 is 0 Å². The third-order valence-corrected chi connectivity index (χ3v) is 5.46. The van der Waals surface area contributed by atoms with Crippen LogP contribution in [-0.2, 0) is 11.2 Å². The minimum Gasteiger partial charge on any atom is -0.496 e. The zero-order valence-electron chi connectivity index (χ0n) is 17.3. The molecule has 0 aliphatic heterocycles. The quantitative estimate of drug-likeness (QED) is 0.570. The van der Waals surface area contributed by atoms with Gasteiger partial charge >= 0.3 is 12.0 Å². The summed E-state index contributed by atoms with van der Waals surface area (Å²) in [6, 6.07) is 7.99. The van der Waals surface area contributed by atoms with Crippen molar-refractivity contribution in [2.24, 2.45) is 5.92 Å². The van der Waals surface area contributed by atoms with Crippen LogP contribution in [-0.4, -0.2) is 60.3 Å². The molecule has 1 saturated carbocycles. The van der Waals surface area contributed by atoms with Gasteiger partial charge in [0.15, 0.2) is 0 Å². The average Bonchev–Trinajstić information content (AvgIpc) is 2.62. The molecule has 1 aliphatic carbocycles. The molecule has 2 amide bonds. The molecule has 28 heavy (non-hydrogen) atoms. The molecule has 1 atom stereocenters. The first-order chi connectivity index (χ1) is 13.3. The fraction of sp³-hybridized carbons (Fsp3) is 0.619. The Morgan fingerprint density at radius 1 is 1.29 bits per heavy atom. The molecular formula is C21H33N3O4. The zero-order chi connectivity index (χ0) is 20.7. The molecule has 1 unspecified atom stereocenters. The smallest absolute Gasteiger partial charge is 0.317 e. The van der Waals surface area contributed by atoms with Gasteiger partial charge in [-0.1, -0.05) is 39.0 Å². The summed E-state index contributed by atoms with van der Waals surface area (Å²) < 4.78 is 5.42. The van der Waals surface area contributed by atoms with Gasteiger partial charge in [-0.25, -0.2) is 4.79 Å². The summed E-state index contributed by atoms with van der Waals surface area (Å²) in [6.45, 7) is 6.88. The van der Waals surface area contributed by atoms with Crippen molar-refractivity contribution in [3.8, 4) is 5.75 Å². The van der Waals surface area contributed by atoms with E-state index in [2.05, 4.69) is 24.5 Å². The molecule has 0 radical (unpaired) electrons. The normalized spacial score (nSPS) is 19.8. The van der Waals surface area contributed by atoms with E-state index in [9.17, 15) is 9.59 Å². The molecule has 7 nitrogen and oxygen atoms in total. The maximum atomic E-state index is 12.5. The summed E-state index contributed by atoms with van der Waals surface area (Å²) in [5.74, 6) is 0.290. The van der Waals surface area contributed by atoms with Crippen molar-refractivity contribution in [2.45, 2.75) is 58.2 Å². The molecule has 156 valence electrons. The molecule has 0 bridgehead atoms. The van der Waals surface area contributed by atoms with Crippen molar-refractivity contribution >= 4 is 12.0 Å². The number of nitrogens with one attached hydrogen (secondary N) is 2. The van der Waals surface area contributed by atoms with Gasteiger partial charge in [0, 0.05) is 18.1 Å². The van der Waals surface area contributed by atoms with Crippen molar-refractivity contribution in [2.75, 3.05) is 20.2 Å². The Labute approximate surface area is 167 Å². The number of methoxy groups -OCH3 is 1. The van der Waals surface area contributed by atoms with Gasteiger partial charge in [-0.05, 0) is 43.4 Å². The number of hydrogen-bond acceptors (Lipinski definition) is 4. The Kier molecular flexibility index (Phi) is 8.11. The van der Waals surface area contributed by atoms with E-state index in [0.717, 1.165) is 24.2 Å². The molecule has 1 aromatic rings. The SMILES string of the molecule is CCN(CC(=O)O)C1CC(NC(=O)NC(Cc2ccccc2OC)C(C)C)C1. The van der Waals surface area contributed by atoms with Crippen LogP contribution in [0.1, 0.15) is 39.2 Å². The van der Waals surface area contributed by atoms with Crippen LogP contribution >= 0.6 is 0 Å². The van der Waals surface area contributed by atoms with Crippen LogP contribution in [0.15, 0.2) is 24.3 Å². The highest BCUT2D eigenvalue weighted by atomic mass is 16.5. The number of nitrogens with zero attached hydrogens (tertiary/aromatic N) is 1. The molecular weight excluding hydrogens is 358 g/mol. The number of carboxylic acids is 1. The van der Waals surface area contributed by atoms with Crippen molar-refractivity contribution in [1.82, 2.24) is 15.5 Å². The number of hydrogen-bond donors (Lipinski definition) is 3. The Balaban J connectivity index is 1.84. The molecule has 0 heterocycles. The predicted octanol–water partition coefficient (Wildman–Crippen LogP) is 2.50. The average molecular weight is 392 g/mol. The lowest BCUT2D eigenvalue weighted by atomic mass is 9.85. The van der Waals surface area contributed by atoms with E-state index in [1.54, 1.807) is 7.11 Å². The fourth-order valence-corrected chi connectivity index (χ4v) is 3.63. The summed E-state index contributed by atoms with van der Waals surface area (Å²) in [7, 11) is 1.65. The second-order valence-electron chi connectivity index (χ2n) is 7.76. The number of urea groups is 1. The maximum Gasteiger partial charge on any atom is 0.317 e. The molecule has 3 N–H and O–H groups in total. The van der Waals surface area contributed by atoms with Crippen LogP contribution in [0.5, 0.6) is 5.75 Å². The Bertz CT molecular complexity index is 659. The number of aliphatic carboxylic acids is 1. The number of rotatable bonds is 10. The summed E-state index contributed by atoms with van der Waals surface area (Å²) >= 11 is 0. The van der Waals surface area contributed by atoms with Gasteiger partial charge in [0.25, 0.3) is 0 Å². The predicted molar refractivity (Wildman–Crippen MR) is 109 cm³/mol. The van der Waals surface area contributed by atoms with Crippen molar-refractivity contribution in [3.63, 3.8) is 0 Å². The summed E-state index contributed by atoms with van der Waals surface area (Å²) in [6.07, 6.45) is 2.27. The van der Waals surface area contributed by atoms with E-state index in [1.807, 2.05) is 36.1 Å². The molecule has 1 fully saturated rings. The number of para-hydroxylation sites is 1. The standard InChI is InChI=1S/C21H33N3O4/c1-5-24(13-20(25)26)17-11-16(12-17)22-21(27)23-18(14(2)3)10-15-8-6-7-9-19(15)28-4/h6-9,14,16-18H,5,10-13H2,1-4H3,(H,25,26)(H2,22,23,27). The minimum absolute atomic E-state index is 0.00803. The second kappa shape index (κ2) is 10.3. The third-order valence-electron chi connectivity index (χ3n) is 5.46. The van der Waals surface area contributed by atoms with Gasteiger partial charge in [-0.15, -0.1) is 0 Å². The van der Waals surface area contributed by atoms with Crippen LogP contribution in [0.2, 0.25) is 0 Å². The first kappa shape index (κ1) is 22.0. The molecule has 1 aromatic carbocycles. The Hall–Kier alpha value is -2.28. The van der Waals surface area contributed by atoms with Crippen LogP contribution in [0.3, 0.4) is 0 Å². The lowest BCUT2D eigenvalue weighted by Crippen LogP contribution is -2.57. The van der Waals surface area contributed by atoms with Crippen LogP contribution in [0.4, 0.5) is 4.79 Å². The number of carboxylic acid groups (broad SMARTS) is 1. The summed E-state index contributed by atoms with van der Waals surface area (Å²) in [4.78, 5) is 25.3. The number of ether oxygens (including phenoxy) is 1. The first-order valence-corrected chi connectivity index (χ1v) is 9.98. The van der Waals surface area contributed by atoms with Crippen molar-refractivity contribution in [1.29, 1.82) is 0 Å². The van der Waals surface area contributed by atoms with Crippen LogP contribution in [0.25, 0.3) is 0 Å². The summed E-state index contributed by atoms with van der Waals surface area (Å²) in [5.41, 5.74) is 1.07. The molecule has 0 spiro atoms. The van der Waals surface area contributed by atoms with Crippen molar-refractivity contribution in [3.05, 3.63) is 29.8 Å². The van der Waals surface area contributed by atoms with E-state index < -0.39 is 5.97 Å². The van der Waals surface area contributed by atoms with Gasteiger partial charge < -0.3 is 20.5 Å². The molecule has 7 heteroatoms. The molecule has 2 rings (SSSR count). The number of amides is 2.